The average molecular weight is 453 g/mol. The Labute approximate surface area is 199 Å². The summed E-state index contributed by atoms with van der Waals surface area (Å²) in [4.78, 5) is 24.1. The van der Waals surface area contributed by atoms with Crippen LogP contribution in [0.15, 0.2) is 72.8 Å². The normalized spacial score (nSPS) is 26.4. The van der Waals surface area contributed by atoms with Crippen molar-refractivity contribution in [2.45, 2.75) is 37.5 Å². The van der Waals surface area contributed by atoms with Crippen molar-refractivity contribution in [3.8, 4) is 0 Å². The Morgan fingerprint density at radius 3 is 2.03 bits per heavy atom. The van der Waals surface area contributed by atoms with Crippen molar-refractivity contribution in [3.05, 3.63) is 89.5 Å². The van der Waals surface area contributed by atoms with Gasteiger partial charge in [-0.1, -0.05) is 24.3 Å². The van der Waals surface area contributed by atoms with Crippen LogP contribution in [0.2, 0.25) is 0 Å². The molecule has 0 saturated heterocycles. The number of anilines is 3. The maximum Gasteiger partial charge on any atom is 0.335 e. The van der Waals surface area contributed by atoms with E-state index in [1.165, 1.54) is 37.7 Å². The minimum absolute atomic E-state index is 0.172. The quantitative estimate of drug-likeness (QED) is 0.401. The predicted molar refractivity (Wildman–Crippen MR) is 133 cm³/mol. The van der Waals surface area contributed by atoms with E-state index in [2.05, 4.69) is 22.8 Å². The maximum atomic E-state index is 12.9. The average Bonchev–Trinajstić information content (AvgIpc) is 3.24. The molecule has 5 nitrogen and oxygen atoms in total. The van der Waals surface area contributed by atoms with Gasteiger partial charge in [0.05, 0.1) is 5.56 Å². The highest BCUT2D eigenvalue weighted by Crippen LogP contribution is 2.65. The smallest absolute Gasteiger partial charge is 0.335 e. The molecule has 0 heterocycles. The van der Waals surface area contributed by atoms with E-state index in [9.17, 15) is 14.7 Å². The Morgan fingerprint density at radius 2 is 1.38 bits per heavy atom. The molecule has 172 valence electrons. The molecule has 34 heavy (non-hydrogen) atoms. The Hall–Kier alpha value is -3.60. The van der Waals surface area contributed by atoms with Crippen molar-refractivity contribution in [3.63, 3.8) is 0 Å². The third-order valence-corrected chi connectivity index (χ3v) is 8.23. The van der Waals surface area contributed by atoms with Crippen LogP contribution < -0.4 is 10.6 Å². The van der Waals surface area contributed by atoms with Crippen molar-refractivity contribution < 1.29 is 14.7 Å². The van der Waals surface area contributed by atoms with Gasteiger partial charge in [-0.15, -0.1) is 0 Å². The van der Waals surface area contributed by atoms with E-state index >= 15 is 0 Å². The minimum atomic E-state index is -0.976. The molecule has 0 aliphatic heterocycles. The molecule has 3 aromatic carbocycles. The first-order valence-corrected chi connectivity index (χ1v) is 12.1. The highest BCUT2D eigenvalue weighted by atomic mass is 16.4. The molecule has 0 spiro atoms. The number of nitrogens with one attached hydrogen (secondary N) is 2. The van der Waals surface area contributed by atoms with E-state index in [-0.39, 0.29) is 11.5 Å². The van der Waals surface area contributed by atoms with Crippen LogP contribution >= 0.6 is 0 Å². The number of aromatic carboxylic acids is 1. The Balaban J connectivity index is 1.15. The highest BCUT2D eigenvalue weighted by molar-refractivity contribution is 6.05. The van der Waals surface area contributed by atoms with Gasteiger partial charge in [-0.05, 0) is 109 Å². The first-order chi connectivity index (χ1) is 16.5. The molecule has 3 aromatic rings. The summed E-state index contributed by atoms with van der Waals surface area (Å²) in [5.74, 6) is 1.54. The molecule has 4 fully saturated rings. The fourth-order valence-electron chi connectivity index (χ4n) is 6.99. The van der Waals surface area contributed by atoms with E-state index < -0.39 is 5.97 Å². The van der Waals surface area contributed by atoms with E-state index in [1.807, 2.05) is 24.3 Å². The second-order valence-corrected chi connectivity index (χ2v) is 10.3. The second kappa shape index (κ2) is 8.01. The second-order valence-electron chi connectivity index (χ2n) is 10.3. The van der Waals surface area contributed by atoms with E-state index in [0.717, 1.165) is 29.1 Å². The zero-order chi connectivity index (χ0) is 23.3. The van der Waals surface area contributed by atoms with Gasteiger partial charge in [0.15, 0.2) is 0 Å². The number of hydrogen-bond acceptors (Lipinski definition) is 3. The van der Waals surface area contributed by atoms with Crippen molar-refractivity contribution in [2.75, 3.05) is 10.6 Å². The Bertz CT molecular complexity index is 1250. The zero-order valence-corrected chi connectivity index (χ0v) is 19.0. The van der Waals surface area contributed by atoms with Gasteiger partial charge < -0.3 is 15.7 Å². The largest absolute Gasteiger partial charge is 0.478 e. The molecule has 7 rings (SSSR count). The van der Waals surface area contributed by atoms with Crippen LogP contribution in [0, 0.1) is 17.8 Å². The monoisotopic (exact) mass is 452 g/mol. The van der Waals surface area contributed by atoms with E-state index in [1.54, 1.807) is 36.4 Å². The van der Waals surface area contributed by atoms with Gasteiger partial charge in [0.1, 0.15) is 0 Å². The molecule has 4 aliphatic carbocycles. The SMILES string of the molecule is O=C(O)c1cccc(Nc2cccc(C(=O)Nc3ccc(C45CC6CC(CC4C6)C5)cc3)c2)c1. The van der Waals surface area contributed by atoms with Crippen LogP contribution in [-0.4, -0.2) is 17.0 Å². The fourth-order valence-corrected chi connectivity index (χ4v) is 6.99. The molecule has 3 N–H and O–H groups in total. The van der Waals surface area contributed by atoms with Gasteiger partial charge in [0.2, 0.25) is 0 Å². The van der Waals surface area contributed by atoms with Crippen molar-refractivity contribution >= 4 is 28.9 Å². The lowest BCUT2D eigenvalue weighted by molar-refractivity contribution is 0.0696. The highest BCUT2D eigenvalue weighted by Gasteiger charge is 2.58. The molecular weight excluding hydrogens is 424 g/mol. The lowest BCUT2D eigenvalue weighted by Crippen LogP contribution is -2.27. The summed E-state index contributed by atoms with van der Waals surface area (Å²) in [6.45, 7) is 0. The van der Waals surface area contributed by atoms with Crippen LogP contribution in [0.25, 0.3) is 0 Å². The number of amides is 1. The van der Waals surface area contributed by atoms with Gasteiger partial charge in [-0.25, -0.2) is 4.79 Å². The predicted octanol–water partition coefficient (Wildman–Crippen LogP) is 6.46. The molecule has 4 aliphatic rings. The fraction of sp³-hybridized carbons (Fsp3) is 0.310. The standard InChI is InChI=1S/C29H28N2O3/c32-27(20-3-1-5-25(14-20)30-26-6-2-4-21(15-26)28(33)34)31-24-9-7-22(8-10-24)29-16-18-11-19(17-29)13-23(29)12-18/h1-10,14-15,18-19,23,30H,11-13,16-17H2,(H,31,32)(H,33,34). The van der Waals surface area contributed by atoms with Gasteiger partial charge in [-0.2, -0.15) is 0 Å². The summed E-state index contributed by atoms with van der Waals surface area (Å²) >= 11 is 0. The Kier molecular flexibility index (Phi) is 4.94. The van der Waals surface area contributed by atoms with Gasteiger partial charge in [-0.3, -0.25) is 4.79 Å². The summed E-state index contributed by atoms with van der Waals surface area (Å²) < 4.78 is 0. The molecule has 5 heteroatoms. The Morgan fingerprint density at radius 1 is 0.765 bits per heavy atom. The van der Waals surface area contributed by atoms with Crippen molar-refractivity contribution in [1.29, 1.82) is 0 Å². The molecule has 1 amide bonds. The van der Waals surface area contributed by atoms with Crippen LogP contribution in [-0.2, 0) is 5.41 Å². The number of carbonyl (C=O) groups excluding carboxylic acids is 1. The van der Waals surface area contributed by atoms with Crippen molar-refractivity contribution in [1.82, 2.24) is 0 Å². The number of carboxylic acid groups (broad SMARTS) is 1. The number of benzene rings is 3. The van der Waals surface area contributed by atoms with Gasteiger partial charge in [0, 0.05) is 22.6 Å². The molecular formula is C29H28N2O3. The zero-order valence-electron chi connectivity index (χ0n) is 19.0. The number of rotatable bonds is 6. The van der Waals surface area contributed by atoms with Crippen LogP contribution in [0.1, 0.15) is 58.4 Å². The first-order valence-electron chi connectivity index (χ1n) is 12.1. The van der Waals surface area contributed by atoms with E-state index in [0.29, 0.717) is 16.7 Å². The van der Waals surface area contributed by atoms with Crippen LogP contribution in [0.4, 0.5) is 17.1 Å². The summed E-state index contributed by atoms with van der Waals surface area (Å²) in [5, 5.41) is 15.4. The number of hydrogen-bond donors (Lipinski definition) is 3. The lowest BCUT2D eigenvalue weighted by Gasteiger charge is -2.33. The van der Waals surface area contributed by atoms with Crippen LogP contribution in [0.5, 0.6) is 0 Å². The number of carbonyl (C=O) groups is 2. The third kappa shape index (κ3) is 3.65. The van der Waals surface area contributed by atoms with Crippen LogP contribution in [0.3, 0.4) is 0 Å². The minimum Gasteiger partial charge on any atom is -0.478 e. The molecule has 0 aromatic heterocycles. The summed E-state index contributed by atoms with van der Waals surface area (Å²) in [5.41, 5.74) is 4.76. The molecule has 4 saturated carbocycles. The van der Waals surface area contributed by atoms with Gasteiger partial charge >= 0.3 is 5.97 Å². The van der Waals surface area contributed by atoms with E-state index in [4.69, 9.17) is 0 Å². The third-order valence-electron chi connectivity index (χ3n) is 8.23. The van der Waals surface area contributed by atoms with Gasteiger partial charge in [0.25, 0.3) is 5.91 Å². The van der Waals surface area contributed by atoms with Crippen molar-refractivity contribution in [2.24, 2.45) is 17.8 Å². The first kappa shape index (κ1) is 21.0. The summed E-state index contributed by atoms with van der Waals surface area (Å²) in [7, 11) is 0. The number of carboxylic acids is 1. The molecule has 0 radical (unpaired) electrons. The maximum absolute atomic E-state index is 12.9. The molecule has 2 unspecified atom stereocenters. The topological polar surface area (TPSA) is 78.4 Å². The lowest BCUT2D eigenvalue weighted by atomic mass is 9.71. The molecule has 4 bridgehead atoms. The molecule has 2 atom stereocenters. The summed E-state index contributed by atoms with van der Waals surface area (Å²) in [6.07, 6.45) is 6.93. The summed E-state index contributed by atoms with van der Waals surface area (Å²) in [6, 6.07) is 22.3.